The molecule has 3 N–H and O–H groups in total. The Balaban J connectivity index is 2.20. The number of rotatable bonds is 4. The maximum absolute atomic E-state index is 13.2. The first kappa shape index (κ1) is 13.3. The minimum atomic E-state index is -0.268. The Labute approximate surface area is 113 Å². The van der Waals surface area contributed by atoms with Crippen molar-refractivity contribution >= 4 is 15.9 Å². The van der Waals surface area contributed by atoms with Crippen LogP contribution in [0.4, 0.5) is 4.39 Å². The van der Waals surface area contributed by atoms with E-state index in [9.17, 15) is 4.39 Å². The Kier molecular flexibility index (Phi) is 4.16. The monoisotopic (exact) mass is 312 g/mol. The third-order valence-corrected chi connectivity index (χ3v) is 3.51. The predicted octanol–water partition coefficient (Wildman–Crippen LogP) is 3.24. The lowest BCUT2D eigenvalue weighted by Crippen LogP contribution is -2.29. The van der Waals surface area contributed by atoms with Crippen molar-refractivity contribution in [3.05, 3.63) is 57.7 Å². The maximum atomic E-state index is 13.2. The van der Waals surface area contributed by atoms with Crippen LogP contribution < -0.4 is 11.3 Å². The zero-order valence-electron chi connectivity index (χ0n) is 9.91. The lowest BCUT2D eigenvalue weighted by atomic mass is 10.00. The molecule has 0 aliphatic rings. The van der Waals surface area contributed by atoms with Crippen LogP contribution in [-0.2, 0) is 6.42 Å². The number of hydrogen-bond acceptors (Lipinski definition) is 3. The van der Waals surface area contributed by atoms with E-state index in [4.69, 9.17) is 10.3 Å². The van der Waals surface area contributed by atoms with Gasteiger partial charge in [-0.15, -0.1) is 0 Å². The Morgan fingerprint density at radius 3 is 2.78 bits per heavy atom. The normalized spacial score (nSPS) is 12.7. The Bertz CT molecular complexity index is 542. The molecular formula is C13H14BrFN2O. The summed E-state index contributed by atoms with van der Waals surface area (Å²) < 4.78 is 18.9. The summed E-state index contributed by atoms with van der Waals surface area (Å²) in [6.07, 6.45) is 2.30. The molecule has 0 spiro atoms. The molecule has 1 unspecified atom stereocenters. The first-order valence-corrected chi connectivity index (χ1v) is 6.35. The van der Waals surface area contributed by atoms with Crippen molar-refractivity contribution in [2.75, 3.05) is 0 Å². The first-order valence-electron chi connectivity index (χ1n) is 5.56. The van der Waals surface area contributed by atoms with Gasteiger partial charge in [0.2, 0.25) is 0 Å². The quantitative estimate of drug-likeness (QED) is 0.673. The topological polar surface area (TPSA) is 51.2 Å². The molecule has 1 aromatic heterocycles. The molecule has 0 bridgehead atoms. The molecule has 0 saturated carbocycles. The standard InChI is InChI=1S/C13H14BrFN2O/c1-8-10(4-5-18-8)13(17-16)7-9-2-3-12(15)11(14)6-9/h2-6,13,17H,7,16H2,1H3. The first-order chi connectivity index (χ1) is 8.61. The SMILES string of the molecule is Cc1occc1C(Cc1ccc(F)c(Br)c1)NN. The second-order valence-electron chi connectivity index (χ2n) is 4.10. The lowest BCUT2D eigenvalue weighted by molar-refractivity contribution is 0.501. The summed E-state index contributed by atoms with van der Waals surface area (Å²) in [7, 11) is 0. The van der Waals surface area contributed by atoms with E-state index in [0.29, 0.717) is 10.9 Å². The third kappa shape index (κ3) is 2.80. The van der Waals surface area contributed by atoms with Crippen LogP contribution in [0.1, 0.15) is 22.9 Å². The molecule has 5 heteroatoms. The minimum Gasteiger partial charge on any atom is -0.469 e. The van der Waals surface area contributed by atoms with Crippen molar-refractivity contribution in [1.82, 2.24) is 5.43 Å². The Morgan fingerprint density at radius 2 is 2.22 bits per heavy atom. The predicted molar refractivity (Wildman–Crippen MR) is 71.3 cm³/mol. The van der Waals surface area contributed by atoms with E-state index in [1.807, 2.05) is 13.0 Å². The lowest BCUT2D eigenvalue weighted by Gasteiger charge is -2.15. The van der Waals surface area contributed by atoms with Gasteiger partial charge in [0.1, 0.15) is 11.6 Å². The molecule has 0 aliphatic carbocycles. The van der Waals surface area contributed by atoms with Gasteiger partial charge in [-0.2, -0.15) is 0 Å². The number of furan rings is 1. The zero-order valence-corrected chi connectivity index (χ0v) is 11.5. The summed E-state index contributed by atoms with van der Waals surface area (Å²) >= 11 is 3.18. The van der Waals surface area contributed by atoms with Gasteiger partial charge in [0, 0.05) is 5.56 Å². The fraction of sp³-hybridized carbons (Fsp3) is 0.231. The van der Waals surface area contributed by atoms with E-state index >= 15 is 0 Å². The number of hydrogen-bond donors (Lipinski definition) is 2. The number of halogens is 2. The summed E-state index contributed by atoms with van der Waals surface area (Å²) in [5.74, 6) is 6.14. The van der Waals surface area contributed by atoms with Crippen LogP contribution in [0.3, 0.4) is 0 Å². The van der Waals surface area contributed by atoms with Crippen molar-refractivity contribution < 1.29 is 8.81 Å². The summed E-state index contributed by atoms with van der Waals surface area (Å²) in [4.78, 5) is 0. The summed E-state index contributed by atoms with van der Waals surface area (Å²) in [6.45, 7) is 1.89. The van der Waals surface area contributed by atoms with Gasteiger partial charge in [-0.3, -0.25) is 11.3 Å². The van der Waals surface area contributed by atoms with Crippen LogP contribution in [0.5, 0.6) is 0 Å². The molecule has 2 aromatic rings. The number of nitrogens with one attached hydrogen (secondary N) is 1. The third-order valence-electron chi connectivity index (χ3n) is 2.90. The van der Waals surface area contributed by atoms with Gasteiger partial charge in [0.15, 0.2) is 0 Å². The molecule has 0 aliphatic heterocycles. The number of benzene rings is 1. The molecule has 0 saturated heterocycles. The molecule has 0 amide bonds. The van der Waals surface area contributed by atoms with Crippen molar-refractivity contribution in [3.63, 3.8) is 0 Å². The van der Waals surface area contributed by atoms with Gasteiger partial charge in [0.25, 0.3) is 0 Å². The van der Waals surface area contributed by atoms with Crippen LogP contribution >= 0.6 is 15.9 Å². The van der Waals surface area contributed by atoms with E-state index in [-0.39, 0.29) is 11.9 Å². The van der Waals surface area contributed by atoms with E-state index in [2.05, 4.69) is 21.4 Å². The molecule has 1 aromatic carbocycles. The molecule has 1 heterocycles. The van der Waals surface area contributed by atoms with E-state index in [1.54, 1.807) is 18.4 Å². The number of hydrazine groups is 1. The van der Waals surface area contributed by atoms with Gasteiger partial charge >= 0.3 is 0 Å². The van der Waals surface area contributed by atoms with Gasteiger partial charge < -0.3 is 4.42 Å². The molecule has 0 fully saturated rings. The maximum Gasteiger partial charge on any atom is 0.137 e. The molecule has 1 atom stereocenters. The molecule has 3 nitrogen and oxygen atoms in total. The van der Waals surface area contributed by atoms with Gasteiger partial charge in [-0.05, 0) is 53.0 Å². The number of aryl methyl sites for hydroxylation is 1. The highest BCUT2D eigenvalue weighted by Crippen LogP contribution is 2.24. The molecule has 2 rings (SSSR count). The van der Waals surface area contributed by atoms with E-state index < -0.39 is 0 Å². The number of nitrogens with two attached hydrogens (primary N) is 1. The Morgan fingerprint density at radius 1 is 1.44 bits per heavy atom. The molecule has 0 radical (unpaired) electrons. The van der Waals surface area contributed by atoms with Crippen LogP contribution in [0.25, 0.3) is 0 Å². The smallest absolute Gasteiger partial charge is 0.137 e. The van der Waals surface area contributed by atoms with Gasteiger partial charge in [-0.1, -0.05) is 6.07 Å². The molecule has 96 valence electrons. The van der Waals surface area contributed by atoms with E-state index in [0.717, 1.165) is 16.9 Å². The largest absolute Gasteiger partial charge is 0.469 e. The fourth-order valence-electron chi connectivity index (χ4n) is 1.92. The van der Waals surface area contributed by atoms with Gasteiger partial charge in [0.05, 0.1) is 16.8 Å². The highest BCUT2D eigenvalue weighted by atomic mass is 79.9. The summed E-state index contributed by atoms with van der Waals surface area (Å²) in [6, 6.07) is 6.78. The van der Waals surface area contributed by atoms with Gasteiger partial charge in [-0.25, -0.2) is 4.39 Å². The zero-order chi connectivity index (χ0) is 13.1. The van der Waals surface area contributed by atoms with Crippen molar-refractivity contribution in [2.45, 2.75) is 19.4 Å². The van der Waals surface area contributed by atoms with Crippen molar-refractivity contribution in [3.8, 4) is 0 Å². The van der Waals surface area contributed by atoms with Crippen LogP contribution in [0, 0.1) is 12.7 Å². The highest BCUT2D eigenvalue weighted by Gasteiger charge is 2.15. The minimum absolute atomic E-state index is 0.0545. The second kappa shape index (κ2) is 5.65. The second-order valence-corrected chi connectivity index (χ2v) is 4.96. The van der Waals surface area contributed by atoms with Crippen LogP contribution in [-0.4, -0.2) is 0 Å². The van der Waals surface area contributed by atoms with Crippen molar-refractivity contribution in [1.29, 1.82) is 0 Å². The fourth-order valence-corrected chi connectivity index (χ4v) is 2.34. The average molecular weight is 313 g/mol. The average Bonchev–Trinajstić information content (AvgIpc) is 2.77. The molecular weight excluding hydrogens is 299 g/mol. The van der Waals surface area contributed by atoms with Crippen molar-refractivity contribution in [2.24, 2.45) is 5.84 Å². The highest BCUT2D eigenvalue weighted by molar-refractivity contribution is 9.10. The summed E-state index contributed by atoms with van der Waals surface area (Å²) in [5, 5.41) is 0. The molecule has 18 heavy (non-hydrogen) atoms. The van der Waals surface area contributed by atoms with Crippen LogP contribution in [0.15, 0.2) is 39.4 Å². The summed E-state index contributed by atoms with van der Waals surface area (Å²) in [5.41, 5.74) is 4.76. The van der Waals surface area contributed by atoms with E-state index in [1.165, 1.54) is 6.07 Å². The van der Waals surface area contributed by atoms with Crippen LogP contribution in [0.2, 0.25) is 0 Å². The Hall–Kier alpha value is -1.17.